The van der Waals surface area contributed by atoms with Gasteiger partial charge in [0.25, 0.3) is 5.91 Å². The number of ether oxygens (including phenoxy) is 1. The molecule has 0 aromatic heterocycles. The molecule has 0 unspecified atom stereocenters. The van der Waals surface area contributed by atoms with Gasteiger partial charge in [-0.15, -0.1) is 0 Å². The second kappa shape index (κ2) is 7.98. The van der Waals surface area contributed by atoms with Crippen LogP contribution >= 0.6 is 0 Å². The van der Waals surface area contributed by atoms with Crippen molar-refractivity contribution in [2.24, 2.45) is 5.92 Å². The number of rotatable bonds is 7. The van der Waals surface area contributed by atoms with Gasteiger partial charge in [-0.2, -0.15) is 5.26 Å². The summed E-state index contributed by atoms with van der Waals surface area (Å²) in [5, 5.41) is 11.7. The van der Waals surface area contributed by atoms with E-state index in [1.165, 1.54) is 18.2 Å². The lowest BCUT2D eigenvalue weighted by atomic mass is 9.90. The summed E-state index contributed by atoms with van der Waals surface area (Å²) in [6.45, 7) is 4.55. The largest absolute Gasteiger partial charge is 0.452 e. The highest BCUT2D eigenvalue weighted by Crippen LogP contribution is 2.18. The van der Waals surface area contributed by atoms with Crippen LogP contribution in [-0.4, -0.2) is 38.7 Å². The highest BCUT2D eigenvalue weighted by atomic mass is 32.2. The maximum absolute atomic E-state index is 12.1. The molecule has 136 valence electrons. The van der Waals surface area contributed by atoms with Gasteiger partial charge in [0.15, 0.2) is 6.61 Å². The van der Waals surface area contributed by atoms with Gasteiger partial charge < -0.3 is 10.1 Å². The number of anilines is 1. The van der Waals surface area contributed by atoms with Crippen LogP contribution < -0.4 is 10.0 Å². The van der Waals surface area contributed by atoms with Crippen molar-refractivity contribution in [1.29, 1.82) is 5.26 Å². The summed E-state index contributed by atoms with van der Waals surface area (Å²) in [5.41, 5.74) is -1.05. The van der Waals surface area contributed by atoms with E-state index >= 15 is 0 Å². The number of amides is 1. The Morgan fingerprint density at radius 3 is 2.44 bits per heavy atom. The molecule has 0 spiro atoms. The molecular formula is C16H21N3O5S. The van der Waals surface area contributed by atoms with Gasteiger partial charge in [0, 0.05) is 0 Å². The number of hydrogen-bond acceptors (Lipinski definition) is 6. The maximum atomic E-state index is 12.1. The second-order valence-electron chi connectivity index (χ2n) is 6.01. The first kappa shape index (κ1) is 20.4. The first-order valence-corrected chi connectivity index (χ1v) is 9.34. The number of sulfonamides is 1. The highest BCUT2D eigenvalue weighted by Gasteiger charge is 2.30. The Balaban J connectivity index is 2.79. The Labute approximate surface area is 147 Å². The van der Waals surface area contributed by atoms with Crippen LogP contribution in [-0.2, 0) is 19.6 Å². The van der Waals surface area contributed by atoms with Crippen LogP contribution in [0, 0.1) is 17.2 Å². The van der Waals surface area contributed by atoms with Gasteiger partial charge in [-0.1, -0.05) is 26.0 Å². The average Bonchev–Trinajstić information content (AvgIpc) is 2.51. The lowest BCUT2D eigenvalue weighted by Gasteiger charge is -2.27. The summed E-state index contributed by atoms with van der Waals surface area (Å²) in [6, 6.07) is 7.89. The normalized spacial score (nSPS) is 13.4. The molecule has 1 rings (SSSR count). The number of hydrogen-bond donors (Lipinski definition) is 2. The number of carbonyl (C=O) groups excluding carboxylic acids is 2. The van der Waals surface area contributed by atoms with Crippen molar-refractivity contribution in [3.8, 4) is 6.07 Å². The molecule has 1 aromatic rings. The van der Waals surface area contributed by atoms with Gasteiger partial charge in [0.2, 0.25) is 10.0 Å². The molecule has 1 atom stereocenters. The Hall–Kier alpha value is -2.60. The van der Waals surface area contributed by atoms with Crippen LogP contribution in [0.2, 0.25) is 0 Å². The van der Waals surface area contributed by atoms with Gasteiger partial charge in [0.05, 0.1) is 23.6 Å². The molecule has 2 N–H and O–H groups in total. The van der Waals surface area contributed by atoms with E-state index < -0.39 is 34.0 Å². The number of para-hydroxylation sites is 1. The minimum Gasteiger partial charge on any atom is -0.452 e. The Kier molecular flexibility index (Phi) is 6.53. The molecule has 0 aliphatic carbocycles. The predicted octanol–water partition coefficient (Wildman–Crippen LogP) is 1.27. The lowest BCUT2D eigenvalue weighted by Crippen LogP contribution is -2.50. The van der Waals surface area contributed by atoms with Crippen molar-refractivity contribution in [1.82, 2.24) is 5.32 Å². The molecule has 0 heterocycles. The van der Waals surface area contributed by atoms with Crippen LogP contribution in [0.25, 0.3) is 0 Å². The van der Waals surface area contributed by atoms with Crippen molar-refractivity contribution in [2.75, 3.05) is 17.6 Å². The summed E-state index contributed by atoms with van der Waals surface area (Å²) >= 11 is 0. The molecule has 1 amide bonds. The fourth-order valence-corrected chi connectivity index (χ4v) is 2.36. The van der Waals surface area contributed by atoms with E-state index in [0.717, 1.165) is 6.26 Å². The first-order chi connectivity index (χ1) is 11.5. The number of nitrogens with zero attached hydrogens (tertiary/aromatic N) is 1. The van der Waals surface area contributed by atoms with E-state index in [2.05, 4.69) is 10.0 Å². The molecule has 8 nitrogen and oxygen atoms in total. The average molecular weight is 367 g/mol. The maximum Gasteiger partial charge on any atom is 0.340 e. The van der Waals surface area contributed by atoms with Gasteiger partial charge in [0.1, 0.15) is 5.54 Å². The summed E-state index contributed by atoms with van der Waals surface area (Å²) in [7, 11) is -3.57. The first-order valence-electron chi connectivity index (χ1n) is 7.44. The Bertz CT molecular complexity index is 798. The van der Waals surface area contributed by atoms with Gasteiger partial charge in [-0.25, -0.2) is 13.2 Å². The predicted molar refractivity (Wildman–Crippen MR) is 92.2 cm³/mol. The van der Waals surface area contributed by atoms with E-state index in [-0.39, 0.29) is 17.2 Å². The van der Waals surface area contributed by atoms with Gasteiger partial charge in [-0.05, 0) is 25.0 Å². The molecule has 1 aromatic carbocycles. The smallest absolute Gasteiger partial charge is 0.340 e. The monoisotopic (exact) mass is 367 g/mol. The molecule has 9 heteroatoms. The fraction of sp³-hybridized carbons (Fsp3) is 0.438. The number of nitrogens with one attached hydrogen (secondary N) is 2. The minimum atomic E-state index is -3.57. The van der Waals surface area contributed by atoms with Crippen molar-refractivity contribution >= 4 is 27.6 Å². The molecule has 25 heavy (non-hydrogen) atoms. The number of esters is 1. The quantitative estimate of drug-likeness (QED) is 0.699. The molecule has 0 aliphatic heterocycles. The molecule has 0 bridgehead atoms. The van der Waals surface area contributed by atoms with Crippen LogP contribution in [0.15, 0.2) is 24.3 Å². The van der Waals surface area contributed by atoms with Gasteiger partial charge >= 0.3 is 5.97 Å². The van der Waals surface area contributed by atoms with E-state index in [4.69, 9.17) is 10.00 Å². The Morgan fingerprint density at radius 1 is 1.32 bits per heavy atom. The SMILES string of the molecule is CC(C)[C@](C)(C#N)NC(=O)COC(=O)c1ccccc1NS(C)(=O)=O. The third-order valence-corrected chi connectivity index (χ3v) is 4.15. The fourth-order valence-electron chi connectivity index (χ4n) is 1.79. The van der Waals surface area contributed by atoms with Crippen LogP contribution in [0.4, 0.5) is 5.69 Å². The third-order valence-electron chi connectivity index (χ3n) is 3.56. The standard InChI is InChI=1S/C16H21N3O5S/c1-11(2)16(3,10-17)18-14(20)9-24-15(21)12-7-5-6-8-13(12)19-25(4,22)23/h5-8,11,19H,9H2,1-4H3,(H,18,20)/t16-/m0/s1. The Morgan fingerprint density at radius 2 is 1.92 bits per heavy atom. The molecular weight excluding hydrogens is 346 g/mol. The van der Waals surface area contributed by atoms with Crippen LogP contribution in [0.1, 0.15) is 31.1 Å². The summed E-state index contributed by atoms with van der Waals surface area (Å²) in [6.07, 6.45) is 0.956. The van der Waals surface area contributed by atoms with Gasteiger partial charge in [-0.3, -0.25) is 9.52 Å². The van der Waals surface area contributed by atoms with E-state index in [1.54, 1.807) is 26.8 Å². The third kappa shape index (κ3) is 6.08. The van der Waals surface area contributed by atoms with Crippen molar-refractivity contribution in [2.45, 2.75) is 26.3 Å². The molecule has 0 saturated heterocycles. The molecule has 0 radical (unpaired) electrons. The van der Waals surface area contributed by atoms with Crippen LogP contribution in [0.5, 0.6) is 0 Å². The number of carbonyl (C=O) groups is 2. The minimum absolute atomic E-state index is 0.0207. The summed E-state index contributed by atoms with van der Waals surface area (Å²) < 4.78 is 29.8. The summed E-state index contributed by atoms with van der Waals surface area (Å²) in [5.74, 6) is -1.62. The molecule has 0 fully saturated rings. The molecule has 0 saturated carbocycles. The second-order valence-corrected chi connectivity index (χ2v) is 7.76. The zero-order chi connectivity index (χ0) is 19.3. The molecule has 0 aliphatic rings. The van der Waals surface area contributed by atoms with Crippen LogP contribution in [0.3, 0.4) is 0 Å². The van der Waals surface area contributed by atoms with Crippen molar-refractivity contribution in [3.63, 3.8) is 0 Å². The topological polar surface area (TPSA) is 125 Å². The van der Waals surface area contributed by atoms with E-state index in [1.807, 2.05) is 6.07 Å². The number of benzene rings is 1. The van der Waals surface area contributed by atoms with E-state index in [0.29, 0.717) is 0 Å². The summed E-state index contributed by atoms with van der Waals surface area (Å²) in [4.78, 5) is 24.0. The van der Waals surface area contributed by atoms with E-state index in [9.17, 15) is 18.0 Å². The number of nitriles is 1. The zero-order valence-electron chi connectivity index (χ0n) is 14.5. The lowest BCUT2D eigenvalue weighted by molar-refractivity contribution is -0.125. The van der Waals surface area contributed by atoms with Crippen molar-refractivity contribution < 1.29 is 22.7 Å². The zero-order valence-corrected chi connectivity index (χ0v) is 15.3. The highest BCUT2D eigenvalue weighted by molar-refractivity contribution is 7.92. The van der Waals surface area contributed by atoms with Crippen molar-refractivity contribution in [3.05, 3.63) is 29.8 Å².